The number of aryl methyl sites for hydroxylation is 1. The monoisotopic (exact) mass is 431 g/mol. The third-order valence-corrected chi connectivity index (χ3v) is 5.53. The van der Waals surface area contributed by atoms with Crippen LogP contribution in [0.4, 0.5) is 0 Å². The first-order valence-corrected chi connectivity index (χ1v) is 10.4. The number of piperidine rings is 1. The molecule has 0 spiro atoms. The van der Waals surface area contributed by atoms with E-state index in [1.807, 2.05) is 36.1 Å². The Labute approximate surface area is 168 Å². The van der Waals surface area contributed by atoms with E-state index in [-0.39, 0.29) is 17.7 Å². The Balaban J connectivity index is 1.80. The maximum absolute atomic E-state index is 13.3. The van der Waals surface area contributed by atoms with E-state index in [0.29, 0.717) is 25.2 Å². The van der Waals surface area contributed by atoms with Crippen molar-refractivity contribution in [1.29, 1.82) is 0 Å². The summed E-state index contributed by atoms with van der Waals surface area (Å²) in [5.74, 6) is -0.0744. The van der Waals surface area contributed by atoms with Crippen LogP contribution in [-0.4, -0.2) is 41.3 Å². The van der Waals surface area contributed by atoms with Gasteiger partial charge in [-0.15, -0.1) is 0 Å². The lowest BCUT2D eigenvalue weighted by molar-refractivity contribution is -0.126. The van der Waals surface area contributed by atoms with E-state index in [1.54, 1.807) is 0 Å². The van der Waals surface area contributed by atoms with E-state index < -0.39 is 0 Å². The zero-order valence-corrected chi connectivity index (χ0v) is 17.5. The summed E-state index contributed by atoms with van der Waals surface area (Å²) in [4.78, 5) is 32.0. The number of halogens is 1. The second-order valence-corrected chi connectivity index (χ2v) is 8.12. The minimum atomic E-state index is -0.125. The molecule has 1 saturated heterocycles. The van der Waals surface area contributed by atoms with Crippen molar-refractivity contribution in [3.8, 4) is 0 Å². The number of benzene rings is 1. The number of nitrogens with zero attached hydrogens (tertiary/aromatic N) is 2. The summed E-state index contributed by atoms with van der Waals surface area (Å²) in [6.07, 6.45) is 3.73. The molecule has 1 aromatic carbocycles. The number of pyridine rings is 1. The van der Waals surface area contributed by atoms with Gasteiger partial charge in [0, 0.05) is 35.2 Å². The number of fused-ring (bicyclic) bond motifs is 1. The van der Waals surface area contributed by atoms with Crippen molar-refractivity contribution >= 4 is 38.6 Å². The van der Waals surface area contributed by atoms with Crippen LogP contribution < -0.4 is 5.32 Å². The lowest BCUT2D eigenvalue weighted by Crippen LogP contribution is -2.45. The first kappa shape index (κ1) is 19.8. The second kappa shape index (κ2) is 8.83. The maximum atomic E-state index is 13.3. The number of hydrogen-bond acceptors (Lipinski definition) is 3. The van der Waals surface area contributed by atoms with Crippen LogP contribution in [0.15, 0.2) is 28.7 Å². The van der Waals surface area contributed by atoms with Gasteiger partial charge in [0.15, 0.2) is 0 Å². The molecule has 1 N–H and O–H groups in total. The van der Waals surface area contributed by atoms with Crippen LogP contribution in [0.5, 0.6) is 0 Å². The Morgan fingerprint density at radius 2 is 2.15 bits per heavy atom. The molecule has 27 heavy (non-hydrogen) atoms. The van der Waals surface area contributed by atoms with Crippen molar-refractivity contribution in [2.45, 2.75) is 39.5 Å². The predicted molar refractivity (Wildman–Crippen MR) is 111 cm³/mol. The molecule has 0 saturated carbocycles. The molecule has 0 bridgehead atoms. The number of aromatic nitrogens is 1. The van der Waals surface area contributed by atoms with Gasteiger partial charge in [0.25, 0.3) is 5.91 Å². The molecule has 3 rings (SSSR count). The topological polar surface area (TPSA) is 62.3 Å². The van der Waals surface area contributed by atoms with Gasteiger partial charge in [-0.1, -0.05) is 29.3 Å². The normalized spacial score (nSPS) is 17.1. The Bertz CT molecular complexity index is 853. The van der Waals surface area contributed by atoms with Gasteiger partial charge in [0.2, 0.25) is 5.91 Å². The van der Waals surface area contributed by atoms with Crippen molar-refractivity contribution in [2.24, 2.45) is 5.92 Å². The lowest BCUT2D eigenvalue weighted by Gasteiger charge is -2.32. The molecule has 1 aliphatic rings. The van der Waals surface area contributed by atoms with E-state index in [9.17, 15) is 9.59 Å². The van der Waals surface area contributed by atoms with Crippen molar-refractivity contribution in [1.82, 2.24) is 15.2 Å². The number of nitrogens with one attached hydrogen (secondary N) is 1. The highest BCUT2D eigenvalue weighted by atomic mass is 79.9. The summed E-state index contributed by atoms with van der Waals surface area (Å²) in [5.41, 5.74) is 2.29. The van der Waals surface area contributed by atoms with Gasteiger partial charge in [-0.2, -0.15) is 0 Å². The molecule has 0 radical (unpaired) electrons. The molecule has 144 valence electrons. The fourth-order valence-corrected chi connectivity index (χ4v) is 3.95. The highest BCUT2D eigenvalue weighted by molar-refractivity contribution is 9.10. The summed E-state index contributed by atoms with van der Waals surface area (Å²) in [6, 6.07) is 7.64. The van der Waals surface area contributed by atoms with Gasteiger partial charge in [-0.25, -0.2) is 0 Å². The Morgan fingerprint density at radius 3 is 2.93 bits per heavy atom. The predicted octanol–water partition coefficient (Wildman–Crippen LogP) is 4.07. The number of amides is 2. The highest BCUT2D eigenvalue weighted by Gasteiger charge is 2.29. The molecule has 1 fully saturated rings. The minimum absolute atomic E-state index is 0.0188. The molecular weight excluding hydrogens is 406 g/mol. The lowest BCUT2D eigenvalue weighted by atomic mass is 9.96. The fourth-order valence-electron chi connectivity index (χ4n) is 3.59. The number of carbonyl (C=O) groups is 2. The molecule has 5 nitrogen and oxygen atoms in total. The van der Waals surface area contributed by atoms with Gasteiger partial charge in [-0.05, 0) is 50.5 Å². The van der Waals surface area contributed by atoms with E-state index in [0.717, 1.165) is 46.8 Å². The third kappa shape index (κ3) is 4.67. The summed E-state index contributed by atoms with van der Waals surface area (Å²) in [7, 11) is 0. The summed E-state index contributed by atoms with van der Waals surface area (Å²) in [5, 5.41) is 3.85. The smallest absolute Gasteiger partial charge is 0.254 e. The van der Waals surface area contributed by atoms with Crippen LogP contribution in [-0.2, 0) is 4.79 Å². The number of likely N-dealkylation sites (tertiary alicyclic amines) is 1. The van der Waals surface area contributed by atoms with Crippen LogP contribution in [0.25, 0.3) is 10.9 Å². The molecule has 1 atom stereocenters. The van der Waals surface area contributed by atoms with Crippen LogP contribution >= 0.6 is 15.9 Å². The summed E-state index contributed by atoms with van der Waals surface area (Å²) >= 11 is 3.48. The van der Waals surface area contributed by atoms with Gasteiger partial charge in [0.05, 0.1) is 17.0 Å². The molecule has 2 amide bonds. The average molecular weight is 432 g/mol. The van der Waals surface area contributed by atoms with E-state index in [2.05, 4.69) is 33.2 Å². The Hall–Kier alpha value is -1.95. The first-order chi connectivity index (χ1) is 13.0. The molecule has 1 unspecified atom stereocenters. The van der Waals surface area contributed by atoms with E-state index in [4.69, 9.17) is 0 Å². The van der Waals surface area contributed by atoms with Crippen LogP contribution in [0.2, 0.25) is 0 Å². The van der Waals surface area contributed by atoms with Crippen LogP contribution in [0, 0.1) is 12.8 Å². The second-order valence-electron chi connectivity index (χ2n) is 7.21. The highest BCUT2D eigenvalue weighted by Crippen LogP contribution is 2.26. The van der Waals surface area contributed by atoms with Gasteiger partial charge in [-0.3, -0.25) is 14.6 Å². The van der Waals surface area contributed by atoms with Gasteiger partial charge < -0.3 is 10.2 Å². The van der Waals surface area contributed by atoms with Gasteiger partial charge >= 0.3 is 0 Å². The number of hydrogen-bond donors (Lipinski definition) is 1. The molecule has 0 aliphatic carbocycles. The zero-order chi connectivity index (χ0) is 19.4. The zero-order valence-electron chi connectivity index (χ0n) is 15.9. The fraction of sp³-hybridized carbons (Fsp3) is 0.476. The molecule has 6 heteroatoms. The Morgan fingerprint density at radius 1 is 1.33 bits per heavy atom. The van der Waals surface area contributed by atoms with Crippen molar-refractivity contribution in [2.75, 3.05) is 19.6 Å². The SMILES string of the molecule is CCCCNC(=O)C1CCCN(C(=O)c2cc(C)nc3ccc(Br)cc23)C1. The third-order valence-electron chi connectivity index (χ3n) is 5.04. The number of unbranched alkanes of at least 4 members (excludes halogenated alkanes) is 1. The first-order valence-electron chi connectivity index (χ1n) is 9.63. The molecule has 1 aliphatic heterocycles. The van der Waals surface area contributed by atoms with Crippen molar-refractivity contribution in [3.63, 3.8) is 0 Å². The molecule has 2 heterocycles. The van der Waals surface area contributed by atoms with Crippen molar-refractivity contribution < 1.29 is 9.59 Å². The Kier molecular flexibility index (Phi) is 6.47. The molecule has 1 aromatic heterocycles. The molecular formula is C21H26BrN3O2. The number of rotatable bonds is 5. The van der Waals surface area contributed by atoms with Gasteiger partial charge in [0.1, 0.15) is 0 Å². The van der Waals surface area contributed by atoms with Crippen LogP contribution in [0.3, 0.4) is 0 Å². The molecule has 2 aromatic rings. The standard InChI is InChI=1S/C21H26BrN3O2/c1-3-4-9-23-20(26)15-6-5-10-25(13-15)21(27)18-11-14(2)24-19-8-7-16(22)12-17(18)19/h7-8,11-12,15H,3-6,9-10,13H2,1-2H3,(H,23,26). The number of carbonyl (C=O) groups excluding carboxylic acids is 2. The summed E-state index contributed by atoms with van der Waals surface area (Å²) in [6.45, 7) is 5.88. The van der Waals surface area contributed by atoms with Crippen LogP contribution in [0.1, 0.15) is 48.7 Å². The van der Waals surface area contributed by atoms with E-state index >= 15 is 0 Å². The summed E-state index contributed by atoms with van der Waals surface area (Å²) < 4.78 is 0.918. The maximum Gasteiger partial charge on any atom is 0.254 e. The minimum Gasteiger partial charge on any atom is -0.356 e. The average Bonchev–Trinajstić information content (AvgIpc) is 2.67. The van der Waals surface area contributed by atoms with E-state index in [1.165, 1.54) is 0 Å². The largest absolute Gasteiger partial charge is 0.356 e. The van der Waals surface area contributed by atoms with Crippen molar-refractivity contribution in [3.05, 3.63) is 40.0 Å². The quantitative estimate of drug-likeness (QED) is 0.725.